The van der Waals surface area contributed by atoms with Gasteiger partial charge in [0.25, 0.3) is 13.1 Å². The maximum atomic E-state index is 14.7. The minimum atomic E-state index is -3.70. The zero-order valence-corrected chi connectivity index (χ0v) is 18.7. The van der Waals surface area contributed by atoms with Gasteiger partial charge in [-0.15, -0.1) is 0 Å². The van der Waals surface area contributed by atoms with Gasteiger partial charge in [0, 0.05) is 24.9 Å². The number of nitro groups is 1. The van der Waals surface area contributed by atoms with Crippen LogP contribution < -0.4 is 10.4 Å². The molecule has 2 aromatic carbocycles. The predicted octanol–water partition coefficient (Wildman–Crippen LogP) is 4.11. The third-order valence-corrected chi connectivity index (χ3v) is 7.95. The van der Waals surface area contributed by atoms with Crippen molar-refractivity contribution < 1.29 is 13.9 Å². The van der Waals surface area contributed by atoms with Crippen molar-refractivity contribution in [3.05, 3.63) is 75.7 Å². The van der Waals surface area contributed by atoms with Gasteiger partial charge in [0.1, 0.15) is 17.0 Å². The van der Waals surface area contributed by atoms with Gasteiger partial charge in [-0.25, -0.2) is 14.1 Å². The molecule has 2 heterocycles. The summed E-state index contributed by atoms with van der Waals surface area (Å²) in [6, 6.07) is 13.6. The first-order chi connectivity index (χ1) is 15.8. The van der Waals surface area contributed by atoms with Crippen molar-refractivity contribution >= 4 is 35.8 Å². The Morgan fingerprint density at radius 2 is 1.94 bits per heavy atom. The number of rotatable bonds is 6. The van der Waals surface area contributed by atoms with E-state index in [9.17, 15) is 19.1 Å². The van der Waals surface area contributed by atoms with Crippen LogP contribution in [0.3, 0.4) is 0 Å². The molecule has 0 bridgehead atoms. The van der Waals surface area contributed by atoms with Gasteiger partial charge in [-0.1, -0.05) is 12.1 Å². The van der Waals surface area contributed by atoms with Gasteiger partial charge in [0.2, 0.25) is 0 Å². The van der Waals surface area contributed by atoms with Crippen molar-refractivity contribution in [3.8, 4) is 6.07 Å². The number of aryl methyl sites for hydroxylation is 2. The van der Waals surface area contributed by atoms with Gasteiger partial charge in [0.05, 0.1) is 35.2 Å². The highest BCUT2D eigenvalue weighted by molar-refractivity contribution is 7.72. The molecule has 33 heavy (non-hydrogen) atoms. The Labute approximate surface area is 188 Å². The van der Waals surface area contributed by atoms with E-state index in [1.54, 1.807) is 26.1 Å². The largest absolute Gasteiger partial charge is 0.317 e. The second-order valence-electron chi connectivity index (χ2n) is 7.32. The molecule has 0 saturated heterocycles. The summed E-state index contributed by atoms with van der Waals surface area (Å²) in [5, 5.41) is 27.7. The summed E-state index contributed by atoms with van der Waals surface area (Å²) in [4.78, 5) is 15.1. The van der Waals surface area contributed by atoms with E-state index in [0.29, 0.717) is 16.7 Å². The Morgan fingerprint density at radius 1 is 1.24 bits per heavy atom. The number of nitrogens with one attached hydrogen (secondary N) is 1. The van der Waals surface area contributed by atoms with Crippen LogP contribution >= 0.6 is 7.44 Å². The summed E-state index contributed by atoms with van der Waals surface area (Å²) in [5.74, 6) is -0.124. The van der Waals surface area contributed by atoms with Crippen molar-refractivity contribution in [1.29, 1.82) is 5.26 Å². The van der Waals surface area contributed by atoms with Crippen LogP contribution in [0.4, 0.5) is 21.6 Å². The third kappa shape index (κ3) is 3.85. The van der Waals surface area contributed by atoms with Crippen LogP contribution in [0, 0.1) is 34.2 Å². The first-order valence-corrected chi connectivity index (χ1v) is 11.6. The van der Waals surface area contributed by atoms with Gasteiger partial charge in [-0.3, -0.25) is 19.3 Å². The van der Waals surface area contributed by atoms with Crippen molar-refractivity contribution in [3.63, 3.8) is 0 Å². The van der Waals surface area contributed by atoms with Crippen LogP contribution in [0.1, 0.15) is 17.7 Å². The standard InChI is InChI=1S/C21H19FN7O3P/c1-14-19-21(28(25-14)13-5-12-23)24-20(17-6-3-4-7-18(17)22)27(2)33(19,32)26-15-8-10-16(11-9-15)29(30)31/h3-4,6-11H,5,13H2,1-2H3,(H,26,32). The second-order valence-corrected chi connectivity index (χ2v) is 9.74. The molecule has 10 nitrogen and oxygen atoms in total. The first-order valence-electron chi connectivity index (χ1n) is 9.91. The van der Waals surface area contributed by atoms with E-state index in [0.717, 1.165) is 0 Å². The lowest BCUT2D eigenvalue weighted by molar-refractivity contribution is -0.384. The highest BCUT2D eigenvalue weighted by Gasteiger charge is 2.43. The molecule has 0 radical (unpaired) electrons. The van der Waals surface area contributed by atoms with E-state index in [1.165, 1.54) is 45.8 Å². The van der Waals surface area contributed by atoms with Crippen molar-refractivity contribution in [1.82, 2.24) is 14.5 Å². The highest BCUT2D eigenvalue weighted by atomic mass is 31.2. The Hall–Kier alpha value is -4.03. The number of anilines is 1. The van der Waals surface area contributed by atoms with Crippen LogP contribution in [0.5, 0.6) is 0 Å². The molecule has 1 unspecified atom stereocenters. The molecule has 1 aliphatic heterocycles. The first kappa shape index (κ1) is 22.2. The number of hydrogen-bond acceptors (Lipinski definition) is 6. The zero-order chi connectivity index (χ0) is 23.8. The monoisotopic (exact) mass is 467 g/mol. The van der Waals surface area contributed by atoms with E-state index in [1.807, 2.05) is 6.07 Å². The number of nitrogens with zero attached hydrogens (tertiary/aromatic N) is 6. The minimum Gasteiger partial charge on any atom is -0.317 e. The van der Waals surface area contributed by atoms with E-state index >= 15 is 0 Å². The van der Waals surface area contributed by atoms with Crippen LogP contribution in [-0.4, -0.2) is 32.3 Å². The zero-order valence-electron chi connectivity index (χ0n) is 17.8. The molecule has 0 aliphatic carbocycles. The number of nitriles is 1. The number of benzene rings is 2. The molecule has 4 rings (SSSR count). The normalized spacial score (nSPS) is 17.2. The smallest absolute Gasteiger partial charge is 0.296 e. The van der Waals surface area contributed by atoms with E-state index < -0.39 is 18.2 Å². The minimum absolute atomic E-state index is 0.106. The van der Waals surface area contributed by atoms with Crippen molar-refractivity contribution in [2.75, 3.05) is 12.1 Å². The van der Waals surface area contributed by atoms with Gasteiger partial charge in [-0.2, -0.15) is 10.4 Å². The number of halogens is 1. The van der Waals surface area contributed by atoms with Gasteiger partial charge < -0.3 is 5.09 Å². The van der Waals surface area contributed by atoms with E-state index in [2.05, 4.69) is 15.2 Å². The summed E-state index contributed by atoms with van der Waals surface area (Å²) in [6.07, 6.45) is 0.161. The summed E-state index contributed by atoms with van der Waals surface area (Å²) in [7, 11) is -2.15. The fraction of sp³-hybridized carbons (Fsp3) is 0.190. The highest BCUT2D eigenvalue weighted by Crippen LogP contribution is 2.54. The summed E-state index contributed by atoms with van der Waals surface area (Å²) < 4.78 is 32.1. The molecule has 168 valence electrons. The van der Waals surface area contributed by atoms with E-state index in [4.69, 9.17) is 5.26 Å². The van der Waals surface area contributed by atoms with Crippen molar-refractivity contribution in [2.45, 2.75) is 19.9 Å². The average Bonchev–Trinajstić information content (AvgIpc) is 3.11. The van der Waals surface area contributed by atoms with Crippen LogP contribution in [0.15, 0.2) is 53.5 Å². The number of fused-ring (bicyclic) bond motifs is 1. The molecule has 1 atom stereocenters. The maximum Gasteiger partial charge on any atom is 0.296 e. The molecule has 0 saturated carbocycles. The number of amidine groups is 1. The molecule has 1 N–H and O–H groups in total. The quantitative estimate of drug-likeness (QED) is 0.328. The molecule has 3 aromatic rings. The van der Waals surface area contributed by atoms with Gasteiger partial charge in [-0.05, 0) is 31.2 Å². The van der Waals surface area contributed by atoms with Crippen LogP contribution in [-0.2, 0) is 11.1 Å². The Kier molecular flexibility index (Phi) is 5.70. The predicted molar refractivity (Wildman–Crippen MR) is 122 cm³/mol. The summed E-state index contributed by atoms with van der Waals surface area (Å²) in [6.45, 7) is 1.91. The SMILES string of the molecule is Cc1nn(CCC#N)c2c1P(=O)(Nc1ccc([N+](=O)[O-])cc1)N(C)C(c1ccccc1F)=N2. The average molecular weight is 467 g/mol. The number of hydrogen-bond donors (Lipinski definition) is 1. The maximum absolute atomic E-state index is 14.7. The second kappa shape index (κ2) is 8.48. The fourth-order valence-electron chi connectivity index (χ4n) is 3.63. The molecule has 0 fully saturated rings. The Morgan fingerprint density at radius 3 is 2.58 bits per heavy atom. The van der Waals surface area contributed by atoms with Crippen LogP contribution in [0.2, 0.25) is 0 Å². The van der Waals surface area contributed by atoms with E-state index in [-0.39, 0.29) is 35.9 Å². The lowest BCUT2D eigenvalue weighted by Gasteiger charge is -2.35. The number of aliphatic imine (C=N–C) groups is 1. The van der Waals surface area contributed by atoms with Gasteiger partial charge in [0.15, 0.2) is 5.82 Å². The number of aromatic nitrogens is 2. The molecule has 1 aliphatic rings. The Bertz CT molecular complexity index is 1360. The lowest BCUT2D eigenvalue weighted by Crippen LogP contribution is -2.37. The fourth-order valence-corrected chi connectivity index (χ4v) is 6.03. The van der Waals surface area contributed by atoms with Crippen LogP contribution in [0.25, 0.3) is 0 Å². The Balaban J connectivity index is 1.89. The number of nitro benzene ring substituents is 1. The molecule has 0 spiro atoms. The molecule has 1 aromatic heterocycles. The molecular formula is C21H19FN7O3P. The molecular weight excluding hydrogens is 448 g/mol. The summed E-state index contributed by atoms with van der Waals surface area (Å²) >= 11 is 0. The van der Waals surface area contributed by atoms with Gasteiger partial charge >= 0.3 is 0 Å². The molecule has 12 heteroatoms. The topological polar surface area (TPSA) is 129 Å². The lowest BCUT2D eigenvalue weighted by atomic mass is 10.2. The summed E-state index contributed by atoms with van der Waals surface area (Å²) in [5.41, 5.74) is 0.872. The number of non-ortho nitro benzene ring substituents is 1. The molecule has 0 amide bonds. The third-order valence-electron chi connectivity index (χ3n) is 5.22. The van der Waals surface area contributed by atoms with Crippen molar-refractivity contribution in [2.24, 2.45) is 4.99 Å².